The Morgan fingerprint density at radius 2 is 2.10 bits per heavy atom. The summed E-state index contributed by atoms with van der Waals surface area (Å²) in [5.41, 5.74) is 3.70. The van der Waals surface area contributed by atoms with E-state index in [1.807, 2.05) is 6.07 Å². The molecule has 20 heavy (non-hydrogen) atoms. The molecule has 0 aliphatic carbocycles. The van der Waals surface area contributed by atoms with Gasteiger partial charge in [0.05, 0.1) is 6.26 Å². The van der Waals surface area contributed by atoms with Gasteiger partial charge in [-0.1, -0.05) is 12.1 Å². The van der Waals surface area contributed by atoms with Gasteiger partial charge in [0.1, 0.15) is 0 Å². The van der Waals surface area contributed by atoms with E-state index >= 15 is 0 Å². The molecular formula is C15H24N2O2S. The Labute approximate surface area is 122 Å². The number of sulfonamides is 1. The fourth-order valence-corrected chi connectivity index (χ4v) is 3.63. The molecule has 1 aromatic carbocycles. The Morgan fingerprint density at radius 3 is 2.80 bits per heavy atom. The van der Waals surface area contributed by atoms with Crippen molar-refractivity contribution in [3.05, 3.63) is 29.3 Å². The first-order chi connectivity index (χ1) is 9.38. The maximum atomic E-state index is 11.6. The van der Waals surface area contributed by atoms with Crippen LogP contribution >= 0.6 is 0 Å². The molecular weight excluding hydrogens is 272 g/mol. The van der Waals surface area contributed by atoms with Crippen molar-refractivity contribution in [1.82, 2.24) is 4.31 Å². The monoisotopic (exact) mass is 296 g/mol. The third-order valence-corrected chi connectivity index (χ3v) is 5.41. The summed E-state index contributed by atoms with van der Waals surface area (Å²) in [6, 6.07) is 6.24. The molecule has 1 saturated heterocycles. The van der Waals surface area contributed by atoms with Crippen LogP contribution in [0.2, 0.25) is 0 Å². The number of benzene rings is 1. The Morgan fingerprint density at radius 1 is 1.35 bits per heavy atom. The van der Waals surface area contributed by atoms with Gasteiger partial charge >= 0.3 is 0 Å². The molecule has 1 fully saturated rings. The standard InChI is InChI=1S/C15H24N2O2S/c1-12-6-4-8-15(13(12)2)16-10-14-7-5-9-17(11-14)20(3,18)19/h4,6,8,14,16H,5,7,9-11H2,1-3H3. The lowest BCUT2D eigenvalue weighted by atomic mass is 9.99. The lowest BCUT2D eigenvalue weighted by Crippen LogP contribution is -2.41. The number of rotatable bonds is 4. The summed E-state index contributed by atoms with van der Waals surface area (Å²) in [6.45, 7) is 6.35. The summed E-state index contributed by atoms with van der Waals surface area (Å²) in [7, 11) is -3.05. The van der Waals surface area contributed by atoms with Crippen LogP contribution in [0.5, 0.6) is 0 Å². The van der Waals surface area contributed by atoms with Crippen molar-refractivity contribution < 1.29 is 8.42 Å². The summed E-state index contributed by atoms with van der Waals surface area (Å²) in [4.78, 5) is 0. The smallest absolute Gasteiger partial charge is 0.211 e. The van der Waals surface area contributed by atoms with Crippen LogP contribution in [0.15, 0.2) is 18.2 Å². The number of nitrogens with one attached hydrogen (secondary N) is 1. The largest absolute Gasteiger partial charge is 0.384 e. The van der Waals surface area contributed by atoms with Gasteiger partial charge in [-0.2, -0.15) is 0 Å². The second-order valence-corrected chi connectivity index (χ2v) is 7.74. The van der Waals surface area contributed by atoms with Gasteiger partial charge in [-0.05, 0) is 49.8 Å². The van der Waals surface area contributed by atoms with Gasteiger partial charge in [-0.15, -0.1) is 0 Å². The topological polar surface area (TPSA) is 49.4 Å². The molecule has 1 unspecified atom stereocenters. The molecule has 4 nitrogen and oxygen atoms in total. The molecule has 1 aromatic rings. The fourth-order valence-electron chi connectivity index (χ4n) is 2.69. The minimum absolute atomic E-state index is 0.387. The van der Waals surface area contributed by atoms with Crippen molar-refractivity contribution in [1.29, 1.82) is 0 Å². The van der Waals surface area contributed by atoms with E-state index in [9.17, 15) is 8.42 Å². The summed E-state index contributed by atoms with van der Waals surface area (Å²) in [6.07, 6.45) is 3.34. The Bertz CT molecular complexity index is 569. The number of hydrogen-bond acceptors (Lipinski definition) is 3. The van der Waals surface area contributed by atoms with Crippen molar-refractivity contribution in [2.24, 2.45) is 5.92 Å². The molecule has 0 amide bonds. The first kappa shape index (κ1) is 15.3. The van der Waals surface area contributed by atoms with Crippen LogP contribution in [0.1, 0.15) is 24.0 Å². The molecule has 0 saturated carbocycles. The molecule has 0 spiro atoms. The average Bonchev–Trinajstić information content (AvgIpc) is 2.40. The van der Waals surface area contributed by atoms with Crippen molar-refractivity contribution in [3.63, 3.8) is 0 Å². The van der Waals surface area contributed by atoms with Gasteiger partial charge < -0.3 is 5.32 Å². The first-order valence-corrected chi connectivity index (χ1v) is 8.98. The molecule has 1 aliphatic rings. The highest BCUT2D eigenvalue weighted by Crippen LogP contribution is 2.22. The molecule has 2 rings (SSSR count). The zero-order chi connectivity index (χ0) is 14.8. The molecule has 1 atom stereocenters. The minimum atomic E-state index is -3.05. The summed E-state index contributed by atoms with van der Waals surface area (Å²) >= 11 is 0. The van der Waals surface area contributed by atoms with Crippen molar-refractivity contribution in [2.45, 2.75) is 26.7 Å². The third-order valence-electron chi connectivity index (χ3n) is 4.14. The van der Waals surface area contributed by atoms with Gasteiger partial charge in [0, 0.05) is 25.3 Å². The lowest BCUT2D eigenvalue weighted by Gasteiger charge is -2.31. The molecule has 5 heteroatoms. The van der Waals surface area contributed by atoms with E-state index in [1.54, 1.807) is 4.31 Å². The minimum Gasteiger partial charge on any atom is -0.384 e. The maximum absolute atomic E-state index is 11.6. The third kappa shape index (κ3) is 3.73. The van der Waals surface area contributed by atoms with Crippen LogP contribution in [-0.4, -0.2) is 38.6 Å². The Kier molecular flexibility index (Phi) is 4.70. The van der Waals surface area contributed by atoms with E-state index < -0.39 is 10.0 Å². The van der Waals surface area contributed by atoms with Crippen molar-refractivity contribution >= 4 is 15.7 Å². The maximum Gasteiger partial charge on any atom is 0.211 e. The highest BCUT2D eigenvalue weighted by atomic mass is 32.2. The first-order valence-electron chi connectivity index (χ1n) is 7.13. The van der Waals surface area contributed by atoms with Gasteiger partial charge in [-0.3, -0.25) is 0 Å². The second-order valence-electron chi connectivity index (χ2n) is 5.76. The molecule has 112 valence electrons. The molecule has 0 aromatic heterocycles. The van der Waals surface area contributed by atoms with E-state index in [2.05, 4.69) is 31.3 Å². The molecule has 1 aliphatic heterocycles. The zero-order valence-electron chi connectivity index (χ0n) is 12.5. The molecule has 1 heterocycles. The normalized spacial score (nSPS) is 20.9. The van der Waals surface area contributed by atoms with Crippen LogP contribution in [-0.2, 0) is 10.0 Å². The Hall–Kier alpha value is -1.07. The molecule has 0 radical (unpaired) electrons. The fraction of sp³-hybridized carbons (Fsp3) is 0.600. The van der Waals surface area contributed by atoms with E-state index in [0.29, 0.717) is 19.0 Å². The number of anilines is 1. The lowest BCUT2D eigenvalue weighted by molar-refractivity contribution is 0.277. The van der Waals surface area contributed by atoms with Gasteiger partial charge in [0.25, 0.3) is 0 Å². The summed E-state index contributed by atoms with van der Waals surface area (Å²) in [5, 5.41) is 3.47. The van der Waals surface area contributed by atoms with Gasteiger partial charge in [0.2, 0.25) is 10.0 Å². The van der Waals surface area contributed by atoms with E-state index in [0.717, 1.165) is 25.1 Å². The second kappa shape index (κ2) is 6.14. The Balaban J connectivity index is 1.95. The zero-order valence-corrected chi connectivity index (χ0v) is 13.3. The number of piperidine rings is 1. The SMILES string of the molecule is Cc1cccc(NCC2CCCN(S(C)(=O)=O)C2)c1C. The van der Waals surface area contributed by atoms with Crippen LogP contribution in [0, 0.1) is 19.8 Å². The van der Waals surface area contributed by atoms with Crippen molar-refractivity contribution in [2.75, 3.05) is 31.2 Å². The quantitative estimate of drug-likeness (QED) is 0.928. The van der Waals surface area contributed by atoms with Gasteiger partial charge in [-0.25, -0.2) is 12.7 Å². The van der Waals surface area contributed by atoms with E-state index in [4.69, 9.17) is 0 Å². The molecule has 1 N–H and O–H groups in total. The van der Waals surface area contributed by atoms with E-state index in [-0.39, 0.29) is 0 Å². The number of aryl methyl sites for hydroxylation is 1. The van der Waals surface area contributed by atoms with Crippen LogP contribution in [0.25, 0.3) is 0 Å². The predicted octanol–water partition coefficient (Wildman–Crippen LogP) is 2.39. The molecule has 0 bridgehead atoms. The van der Waals surface area contributed by atoms with Crippen LogP contribution < -0.4 is 5.32 Å². The summed E-state index contributed by atoms with van der Waals surface area (Å²) in [5.74, 6) is 0.387. The van der Waals surface area contributed by atoms with Crippen molar-refractivity contribution in [3.8, 4) is 0 Å². The predicted molar refractivity (Wildman–Crippen MR) is 83.5 cm³/mol. The van der Waals surface area contributed by atoms with E-state index in [1.165, 1.54) is 17.4 Å². The summed E-state index contributed by atoms with van der Waals surface area (Å²) < 4.78 is 24.8. The number of nitrogens with zero attached hydrogens (tertiary/aromatic N) is 1. The highest BCUT2D eigenvalue weighted by Gasteiger charge is 2.25. The van der Waals surface area contributed by atoms with Gasteiger partial charge in [0.15, 0.2) is 0 Å². The average molecular weight is 296 g/mol. The number of hydrogen-bond donors (Lipinski definition) is 1. The van der Waals surface area contributed by atoms with Crippen LogP contribution in [0.3, 0.4) is 0 Å². The van der Waals surface area contributed by atoms with Crippen LogP contribution in [0.4, 0.5) is 5.69 Å². The highest BCUT2D eigenvalue weighted by molar-refractivity contribution is 7.88.